The van der Waals surface area contributed by atoms with Crippen LogP contribution in [-0.4, -0.2) is 47.0 Å². The highest BCUT2D eigenvalue weighted by Crippen LogP contribution is 2.30. The molecule has 32 heavy (non-hydrogen) atoms. The number of aromatic nitrogens is 2. The third-order valence-corrected chi connectivity index (χ3v) is 5.92. The van der Waals surface area contributed by atoms with Crippen molar-refractivity contribution in [1.82, 2.24) is 14.7 Å². The summed E-state index contributed by atoms with van der Waals surface area (Å²) in [5.41, 5.74) is 9.66. The fourth-order valence-electron chi connectivity index (χ4n) is 4.16. The van der Waals surface area contributed by atoms with Gasteiger partial charge in [0.2, 0.25) is 0 Å². The molecule has 2 aromatic heterocycles. The maximum absolute atomic E-state index is 13.1. The van der Waals surface area contributed by atoms with E-state index in [1.807, 2.05) is 47.9 Å². The van der Waals surface area contributed by atoms with Crippen LogP contribution in [0.25, 0.3) is 16.9 Å². The van der Waals surface area contributed by atoms with Crippen LogP contribution in [0.3, 0.4) is 0 Å². The number of carbonyl (C=O) groups is 2. The van der Waals surface area contributed by atoms with Crippen molar-refractivity contribution in [3.8, 4) is 11.3 Å². The Bertz CT molecular complexity index is 1130. The van der Waals surface area contributed by atoms with Crippen molar-refractivity contribution in [3.63, 3.8) is 0 Å². The predicted octanol–water partition coefficient (Wildman–Crippen LogP) is 2.89. The van der Waals surface area contributed by atoms with Crippen LogP contribution in [-0.2, 0) is 9.53 Å². The van der Waals surface area contributed by atoms with Crippen LogP contribution in [0.4, 0.5) is 5.82 Å². The van der Waals surface area contributed by atoms with E-state index in [1.54, 1.807) is 6.07 Å². The lowest BCUT2D eigenvalue weighted by molar-refractivity contribution is -0.138. The second kappa shape index (κ2) is 9.40. The summed E-state index contributed by atoms with van der Waals surface area (Å²) < 4.78 is 6.59. The number of carbonyl (C=O) groups excluding carboxylic acids is 2. The van der Waals surface area contributed by atoms with Crippen LogP contribution in [0, 0.1) is 6.92 Å². The highest BCUT2D eigenvalue weighted by atomic mass is 16.5. The minimum absolute atomic E-state index is 0.0120. The zero-order valence-corrected chi connectivity index (χ0v) is 18.4. The van der Waals surface area contributed by atoms with Crippen LogP contribution >= 0.6 is 0 Å². The number of nitrogens with two attached hydrogens (primary N) is 1. The molecule has 0 atom stereocenters. The van der Waals surface area contributed by atoms with E-state index in [-0.39, 0.29) is 30.5 Å². The molecule has 2 heterocycles. The zero-order valence-electron chi connectivity index (χ0n) is 18.4. The van der Waals surface area contributed by atoms with E-state index < -0.39 is 0 Å². The topological polar surface area (TPSA) is 111 Å². The van der Waals surface area contributed by atoms with E-state index >= 15 is 0 Å². The SMILES string of the molecule is COC(=O)CNc1c(-c2cccc(C)c2)nc2c(C(=O)NC3CCC(N)CC3)cccn12. The summed E-state index contributed by atoms with van der Waals surface area (Å²) in [6.45, 7) is 2.00. The molecule has 0 spiro atoms. The van der Waals surface area contributed by atoms with Crippen molar-refractivity contribution >= 4 is 23.3 Å². The Kier molecular flexibility index (Phi) is 6.41. The van der Waals surface area contributed by atoms with Gasteiger partial charge in [-0.3, -0.25) is 14.0 Å². The highest BCUT2D eigenvalue weighted by molar-refractivity contribution is 6.01. The number of nitrogens with one attached hydrogen (secondary N) is 2. The highest BCUT2D eigenvalue weighted by Gasteiger charge is 2.24. The molecular weight excluding hydrogens is 406 g/mol. The van der Waals surface area contributed by atoms with E-state index in [0.717, 1.165) is 36.8 Å². The molecule has 1 aliphatic carbocycles. The molecule has 1 amide bonds. The van der Waals surface area contributed by atoms with E-state index in [9.17, 15) is 9.59 Å². The molecule has 4 rings (SSSR count). The Morgan fingerprint density at radius 2 is 1.97 bits per heavy atom. The fraction of sp³-hybridized carbons (Fsp3) is 0.375. The first-order valence-electron chi connectivity index (χ1n) is 10.9. The summed E-state index contributed by atoms with van der Waals surface area (Å²) in [5.74, 6) is 0.0882. The minimum Gasteiger partial charge on any atom is -0.468 e. The number of hydrogen-bond donors (Lipinski definition) is 3. The molecule has 1 saturated carbocycles. The number of nitrogens with zero attached hydrogens (tertiary/aromatic N) is 2. The average molecular weight is 436 g/mol. The van der Waals surface area contributed by atoms with Gasteiger partial charge in [-0.1, -0.05) is 23.8 Å². The van der Waals surface area contributed by atoms with E-state index in [0.29, 0.717) is 22.7 Å². The number of rotatable bonds is 6. The molecule has 0 unspecified atom stereocenters. The first kappa shape index (κ1) is 21.8. The lowest BCUT2D eigenvalue weighted by atomic mass is 9.91. The number of ether oxygens (including phenoxy) is 1. The lowest BCUT2D eigenvalue weighted by Crippen LogP contribution is -2.40. The molecule has 0 bridgehead atoms. The van der Waals surface area contributed by atoms with Crippen LogP contribution in [0.15, 0.2) is 42.6 Å². The second-order valence-electron chi connectivity index (χ2n) is 8.31. The van der Waals surface area contributed by atoms with Gasteiger partial charge >= 0.3 is 5.97 Å². The smallest absolute Gasteiger partial charge is 0.325 e. The Labute approximate surface area is 187 Å². The standard InChI is InChI=1S/C24H29N5O3/c1-15-5-3-6-16(13-15)21-23(26-14-20(30)32-2)29-12-4-7-19(22(29)28-21)24(31)27-18-10-8-17(25)9-11-18/h3-7,12-13,17-18,26H,8-11,14,25H2,1-2H3,(H,27,31). The molecule has 4 N–H and O–H groups in total. The summed E-state index contributed by atoms with van der Waals surface area (Å²) in [6.07, 6.45) is 5.42. The van der Waals surface area contributed by atoms with Crippen LogP contribution < -0.4 is 16.4 Å². The molecule has 1 aliphatic rings. The van der Waals surface area contributed by atoms with E-state index in [1.165, 1.54) is 7.11 Å². The number of aryl methyl sites for hydroxylation is 1. The first-order valence-corrected chi connectivity index (χ1v) is 10.9. The monoisotopic (exact) mass is 435 g/mol. The Morgan fingerprint density at radius 1 is 1.19 bits per heavy atom. The fourth-order valence-corrected chi connectivity index (χ4v) is 4.16. The Hall–Kier alpha value is -3.39. The summed E-state index contributed by atoms with van der Waals surface area (Å²) in [6, 6.07) is 11.9. The van der Waals surface area contributed by atoms with Crippen LogP contribution in [0.5, 0.6) is 0 Å². The molecule has 168 valence electrons. The summed E-state index contributed by atoms with van der Waals surface area (Å²) >= 11 is 0. The second-order valence-corrected chi connectivity index (χ2v) is 8.31. The number of anilines is 1. The van der Waals surface area contributed by atoms with Crippen molar-refractivity contribution < 1.29 is 14.3 Å². The van der Waals surface area contributed by atoms with Gasteiger partial charge in [0.05, 0.1) is 12.7 Å². The summed E-state index contributed by atoms with van der Waals surface area (Å²) in [5, 5.41) is 6.28. The minimum atomic E-state index is -0.389. The first-order chi connectivity index (χ1) is 15.5. The van der Waals surface area contributed by atoms with Crippen molar-refractivity contribution in [1.29, 1.82) is 0 Å². The van der Waals surface area contributed by atoms with Crippen molar-refractivity contribution in [2.75, 3.05) is 19.0 Å². The van der Waals surface area contributed by atoms with Gasteiger partial charge in [-0.2, -0.15) is 0 Å². The molecule has 1 aromatic carbocycles. The summed E-state index contributed by atoms with van der Waals surface area (Å²) in [7, 11) is 1.35. The van der Waals surface area contributed by atoms with Gasteiger partial charge in [0.15, 0.2) is 5.65 Å². The molecule has 0 saturated heterocycles. The molecule has 8 heteroatoms. The van der Waals surface area contributed by atoms with Crippen LogP contribution in [0.1, 0.15) is 41.6 Å². The quantitative estimate of drug-likeness (QED) is 0.514. The number of esters is 1. The number of methoxy groups -OCH3 is 1. The lowest BCUT2D eigenvalue weighted by Gasteiger charge is -2.26. The number of hydrogen-bond acceptors (Lipinski definition) is 6. The molecule has 0 radical (unpaired) electrons. The number of benzene rings is 1. The number of fused-ring (bicyclic) bond motifs is 1. The van der Waals surface area contributed by atoms with Gasteiger partial charge in [0, 0.05) is 23.8 Å². The van der Waals surface area contributed by atoms with Crippen molar-refractivity contribution in [2.45, 2.75) is 44.7 Å². The largest absolute Gasteiger partial charge is 0.468 e. The van der Waals surface area contributed by atoms with Crippen LogP contribution in [0.2, 0.25) is 0 Å². The maximum Gasteiger partial charge on any atom is 0.325 e. The molecule has 0 aliphatic heterocycles. The van der Waals surface area contributed by atoms with E-state index in [4.69, 9.17) is 15.5 Å². The Morgan fingerprint density at radius 3 is 2.69 bits per heavy atom. The molecule has 8 nitrogen and oxygen atoms in total. The normalized spacial score (nSPS) is 18.3. The van der Waals surface area contributed by atoms with Gasteiger partial charge < -0.3 is 21.1 Å². The van der Waals surface area contributed by atoms with Crippen molar-refractivity contribution in [3.05, 3.63) is 53.7 Å². The average Bonchev–Trinajstić information content (AvgIpc) is 3.17. The molecule has 3 aromatic rings. The van der Waals surface area contributed by atoms with Gasteiger partial charge in [-0.05, 0) is 50.8 Å². The van der Waals surface area contributed by atoms with Gasteiger partial charge in [0.25, 0.3) is 5.91 Å². The maximum atomic E-state index is 13.1. The zero-order chi connectivity index (χ0) is 22.7. The third kappa shape index (κ3) is 4.60. The van der Waals surface area contributed by atoms with E-state index in [2.05, 4.69) is 10.6 Å². The van der Waals surface area contributed by atoms with Gasteiger partial charge in [-0.25, -0.2) is 4.98 Å². The van der Waals surface area contributed by atoms with Crippen molar-refractivity contribution in [2.24, 2.45) is 5.73 Å². The third-order valence-electron chi connectivity index (χ3n) is 5.92. The molecular formula is C24H29N5O3. The summed E-state index contributed by atoms with van der Waals surface area (Å²) in [4.78, 5) is 29.7. The number of amides is 1. The number of pyridine rings is 1. The van der Waals surface area contributed by atoms with Gasteiger partial charge in [0.1, 0.15) is 18.1 Å². The predicted molar refractivity (Wildman–Crippen MR) is 124 cm³/mol. The Balaban J connectivity index is 1.72. The number of imidazole rings is 1. The van der Waals surface area contributed by atoms with Gasteiger partial charge in [-0.15, -0.1) is 0 Å². The molecule has 1 fully saturated rings.